The summed E-state index contributed by atoms with van der Waals surface area (Å²) in [6.07, 6.45) is 3.74. The predicted molar refractivity (Wildman–Crippen MR) is 62.7 cm³/mol. The van der Waals surface area contributed by atoms with Gasteiger partial charge in [-0.25, -0.2) is 0 Å². The molecule has 2 heteroatoms. The first-order valence-electron chi connectivity index (χ1n) is 5.15. The molecule has 1 aliphatic carbocycles. The molecule has 78 valence electrons. The van der Waals surface area contributed by atoms with Crippen molar-refractivity contribution in [3.05, 3.63) is 35.4 Å². The molecule has 0 saturated heterocycles. The highest BCUT2D eigenvalue weighted by atomic mass is 35.5. The molecule has 1 aromatic rings. The zero-order valence-electron chi connectivity index (χ0n) is 8.57. The molecular formula is C12H18ClN. The summed E-state index contributed by atoms with van der Waals surface area (Å²) in [7, 11) is 0. The Balaban J connectivity index is 0.000000980. The molecule has 0 heterocycles. The van der Waals surface area contributed by atoms with Crippen LogP contribution in [0.2, 0.25) is 0 Å². The standard InChI is InChI=1S/C12H17N.ClH/c1-2-9-3-5-10(6-4-9)12(13)11-7-8-11;/h3-6,11-12H,2,7-8,13H2,1H3;1H/t12-;/m1./s1. The molecule has 0 spiro atoms. The van der Waals surface area contributed by atoms with Crippen molar-refractivity contribution in [2.45, 2.75) is 32.2 Å². The van der Waals surface area contributed by atoms with Crippen molar-refractivity contribution in [1.82, 2.24) is 0 Å². The quantitative estimate of drug-likeness (QED) is 0.817. The van der Waals surface area contributed by atoms with Gasteiger partial charge in [-0.2, -0.15) is 0 Å². The van der Waals surface area contributed by atoms with Crippen molar-refractivity contribution in [2.75, 3.05) is 0 Å². The van der Waals surface area contributed by atoms with Crippen LogP contribution in [0.15, 0.2) is 24.3 Å². The molecule has 0 aromatic heterocycles. The molecule has 0 radical (unpaired) electrons. The molecule has 14 heavy (non-hydrogen) atoms. The number of aryl methyl sites for hydroxylation is 1. The van der Waals surface area contributed by atoms with Crippen LogP contribution in [0.4, 0.5) is 0 Å². The van der Waals surface area contributed by atoms with Crippen LogP contribution in [0, 0.1) is 5.92 Å². The van der Waals surface area contributed by atoms with Gasteiger partial charge in [0, 0.05) is 6.04 Å². The Morgan fingerprint density at radius 2 is 1.86 bits per heavy atom. The monoisotopic (exact) mass is 211 g/mol. The topological polar surface area (TPSA) is 26.0 Å². The van der Waals surface area contributed by atoms with E-state index in [1.54, 1.807) is 0 Å². The Morgan fingerprint density at radius 3 is 2.29 bits per heavy atom. The second-order valence-corrected chi connectivity index (χ2v) is 3.96. The van der Waals surface area contributed by atoms with Crippen LogP contribution < -0.4 is 5.73 Å². The molecule has 0 amide bonds. The third kappa shape index (κ3) is 2.49. The van der Waals surface area contributed by atoms with E-state index in [4.69, 9.17) is 5.73 Å². The van der Waals surface area contributed by atoms with Gasteiger partial charge in [-0.15, -0.1) is 12.4 Å². The zero-order valence-corrected chi connectivity index (χ0v) is 9.39. The number of benzene rings is 1. The fourth-order valence-corrected chi connectivity index (χ4v) is 1.70. The van der Waals surface area contributed by atoms with Crippen molar-refractivity contribution < 1.29 is 0 Å². The lowest BCUT2D eigenvalue weighted by Gasteiger charge is -2.10. The first-order valence-corrected chi connectivity index (χ1v) is 5.15. The fourth-order valence-electron chi connectivity index (χ4n) is 1.70. The van der Waals surface area contributed by atoms with Crippen molar-refractivity contribution >= 4 is 12.4 Å². The third-order valence-electron chi connectivity index (χ3n) is 2.90. The van der Waals surface area contributed by atoms with E-state index in [1.165, 1.54) is 24.0 Å². The first kappa shape index (κ1) is 11.5. The average Bonchev–Trinajstić information content (AvgIpc) is 3.00. The molecule has 1 nitrogen and oxygen atoms in total. The molecule has 1 fully saturated rings. The van der Waals surface area contributed by atoms with Crippen molar-refractivity contribution in [3.63, 3.8) is 0 Å². The lowest BCUT2D eigenvalue weighted by molar-refractivity contribution is 0.633. The average molecular weight is 212 g/mol. The van der Waals surface area contributed by atoms with Crippen LogP contribution in [0.25, 0.3) is 0 Å². The maximum absolute atomic E-state index is 6.09. The molecule has 0 aliphatic heterocycles. The molecule has 1 aliphatic rings. The van der Waals surface area contributed by atoms with Crippen LogP contribution in [0.3, 0.4) is 0 Å². The molecule has 2 N–H and O–H groups in total. The van der Waals surface area contributed by atoms with Gasteiger partial charge in [-0.05, 0) is 36.3 Å². The summed E-state index contributed by atoms with van der Waals surface area (Å²) in [5.41, 5.74) is 8.79. The number of halogens is 1. The highest BCUT2D eigenvalue weighted by molar-refractivity contribution is 5.85. The summed E-state index contributed by atoms with van der Waals surface area (Å²) >= 11 is 0. The summed E-state index contributed by atoms with van der Waals surface area (Å²) in [5.74, 6) is 0.757. The molecule has 1 saturated carbocycles. The Hall–Kier alpha value is -0.530. The summed E-state index contributed by atoms with van der Waals surface area (Å²) < 4.78 is 0. The summed E-state index contributed by atoms with van der Waals surface area (Å²) in [4.78, 5) is 0. The SMILES string of the molecule is CCc1ccc([C@@H](N)C2CC2)cc1.Cl. The molecule has 1 aromatic carbocycles. The predicted octanol–water partition coefficient (Wildman–Crippen LogP) is 3.08. The van der Waals surface area contributed by atoms with E-state index in [-0.39, 0.29) is 18.4 Å². The minimum absolute atomic E-state index is 0. The van der Waals surface area contributed by atoms with Gasteiger partial charge in [-0.1, -0.05) is 31.2 Å². The molecule has 1 atom stereocenters. The first-order chi connectivity index (χ1) is 6.31. The number of hydrogen-bond donors (Lipinski definition) is 1. The number of rotatable bonds is 3. The van der Waals surface area contributed by atoms with E-state index in [0.29, 0.717) is 0 Å². The normalized spacial score (nSPS) is 17.3. The molecule has 0 bridgehead atoms. The highest BCUT2D eigenvalue weighted by Gasteiger charge is 2.29. The Kier molecular flexibility index (Phi) is 3.97. The Morgan fingerprint density at radius 1 is 1.29 bits per heavy atom. The van der Waals surface area contributed by atoms with E-state index in [0.717, 1.165) is 12.3 Å². The van der Waals surface area contributed by atoms with Gasteiger partial charge in [0.2, 0.25) is 0 Å². The Bertz CT molecular complexity index is 277. The zero-order chi connectivity index (χ0) is 9.26. The fraction of sp³-hybridized carbons (Fsp3) is 0.500. The van der Waals surface area contributed by atoms with Gasteiger partial charge in [0.25, 0.3) is 0 Å². The van der Waals surface area contributed by atoms with Crippen molar-refractivity contribution in [2.24, 2.45) is 11.7 Å². The van der Waals surface area contributed by atoms with Gasteiger partial charge in [0.05, 0.1) is 0 Å². The van der Waals surface area contributed by atoms with E-state index < -0.39 is 0 Å². The molecule has 2 rings (SSSR count). The largest absolute Gasteiger partial charge is 0.324 e. The minimum atomic E-state index is 0. The summed E-state index contributed by atoms with van der Waals surface area (Å²) in [6.45, 7) is 2.18. The minimum Gasteiger partial charge on any atom is -0.324 e. The van der Waals surface area contributed by atoms with Crippen LogP contribution >= 0.6 is 12.4 Å². The van der Waals surface area contributed by atoms with Crippen molar-refractivity contribution in [1.29, 1.82) is 0 Å². The maximum Gasteiger partial charge on any atom is 0.0323 e. The second kappa shape index (κ2) is 4.81. The molecule has 0 unspecified atom stereocenters. The highest BCUT2D eigenvalue weighted by Crippen LogP contribution is 2.39. The summed E-state index contributed by atoms with van der Waals surface area (Å²) in [6, 6.07) is 9.03. The lowest BCUT2D eigenvalue weighted by atomic mass is 10.0. The van der Waals surface area contributed by atoms with Gasteiger partial charge >= 0.3 is 0 Å². The van der Waals surface area contributed by atoms with Gasteiger partial charge in [-0.3, -0.25) is 0 Å². The number of nitrogens with two attached hydrogens (primary N) is 1. The third-order valence-corrected chi connectivity index (χ3v) is 2.90. The van der Waals surface area contributed by atoms with Crippen molar-refractivity contribution in [3.8, 4) is 0 Å². The van der Waals surface area contributed by atoms with Gasteiger partial charge in [0.1, 0.15) is 0 Å². The van der Waals surface area contributed by atoms with E-state index >= 15 is 0 Å². The smallest absolute Gasteiger partial charge is 0.0323 e. The van der Waals surface area contributed by atoms with E-state index in [9.17, 15) is 0 Å². The maximum atomic E-state index is 6.09. The van der Waals surface area contributed by atoms with Crippen LogP contribution in [0.1, 0.15) is 36.9 Å². The second-order valence-electron chi connectivity index (χ2n) is 3.96. The summed E-state index contributed by atoms with van der Waals surface area (Å²) in [5, 5.41) is 0. The van der Waals surface area contributed by atoms with Crippen LogP contribution in [0.5, 0.6) is 0 Å². The van der Waals surface area contributed by atoms with Crippen LogP contribution in [-0.4, -0.2) is 0 Å². The lowest BCUT2D eigenvalue weighted by Crippen LogP contribution is -2.12. The van der Waals surface area contributed by atoms with E-state index in [1.807, 2.05) is 0 Å². The van der Waals surface area contributed by atoms with Crippen LogP contribution in [-0.2, 0) is 6.42 Å². The number of hydrogen-bond acceptors (Lipinski definition) is 1. The van der Waals surface area contributed by atoms with Gasteiger partial charge in [0.15, 0.2) is 0 Å². The van der Waals surface area contributed by atoms with E-state index in [2.05, 4.69) is 31.2 Å². The Labute approximate surface area is 92.1 Å². The van der Waals surface area contributed by atoms with Gasteiger partial charge < -0.3 is 5.73 Å². The molecular weight excluding hydrogens is 194 g/mol.